The smallest absolute Gasteiger partial charge is 0.309 e. The number of carbonyl (C=O) groups excluding carboxylic acids is 1. The van der Waals surface area contributed by atoms with E-state index in [1.165, 1.54) is 6.92 Å². The van der Waals surface area contributed by atoms with Gasteiger partial charge in [-0.05, 0) is 12.3 Å². The normalized spacial score (nSPS) is 27.2. The number of nitrogens with two attached hydrogens (primary N) is 2. The molecule has 1 amide bonds. The molecule has 9 heteroatoms. The fourth-order valence-electron chi connectivity index (χ4n) is 3.64. The molecule has 0 radical (unpaired) electrons. The molecule has 0 aliphatic heterocycles. The third-order valence-electron chi connectivity index (χ3n) is 4.72. The number of rotatable bonds is 7. The average Bonchev–Trinajstić information content (AvgIpc) is 2.74. The number of aliphatic hydroxyl groups excluding tert-OH is 1. The number of carboxylic acid groups (broad SMARTS) is 1. The predicted molar refractivity (Wildman–Crippen MR) is 90.1 cm³/mol. The Kier molecular flexibility index (Phi) is 8.70. The number of hydrogen-bond donors (Lipinski definition) is 5. The molecule has 1 rings (SSSR count). The molecule has 1 aliphatic rings. The maximum absolute atomic E-state index is 11.6. The number of nitrogens with one attached hydrogen (secondary N) is 1. The number of hydrogen-bond acceptors (Lipinski definition) is 4. The molecular weight excluding hydrogens is 316 g/mol. The summed E-state index contributed by atoms with van der Waals surface area (Å²) in [5.41, 5.74) is 10.9. The van der Waals surface area contributed by atoms with Gasteiger partial charge in [0.15, 0.2) is 5.96 Å². The van der Waals surface area contributed by atoms with E-state index in [0.717, 1.165) is 12.8 Å². The Morgan fingerprint density at radius 1 is 1.29 bits per heavy atom. The molecule has 0 saturated heterocycles. The molecule has 0 aromatic rings. The molecule has 24 heavy (non-hydrogen) atoms. The second-order valence-corrected chi connectivity index (χ2v) is 6.17. The summed E-state index contributed by atoms with van der Waals surface area (Å²) < 4.78 is 0. The number of amides is 1. The van der Waals surface area contributed by atoms with Crippen LogP contribution in [-0.4, -0.2) is 51.7 Å². The molecule has 9 nitrogen and oxygen atoms in total. The van der Waals surface area contributed by atoms with Gasteiger partial charge in [0.1, 0.15) is 0 Å². The van der Waals surface area contributed by atoms with Crippen LogP contribution in [0.2, 0.25) is 0 Å². The highest BCUT2D eigenvalue weighted by molar-refractivity contribution is 5.76. The molecule has 0 bridgehead atoms. The predicted octanol–water partition coefficient (Wildman–Crippen LogP) is -1.17. The zero-order valence-electron chi connectivity index (χ0n) is 14.4. The Labute approximate surface area is 141 Å². The van der Waals surface area contributed by atoms with Gasteiger partial charge in [0.05, 0.1) is 18.1 Å². The van der Waals surface area contributed by atoms with Crippen molar-refractivity contribution in [3.05, 3.63) is 0 Å². The first-order valence-corrected chi connectivity index (χ1v) is 7.99. The van der Waals surface area contributed by atoms with Crippen LogP contribution in [0.25, 0.3) is 0 Å². The van der Waals surface area contributed by atoms with Crippen LogP contribution in [0.15, 0.2) is 4.99 Å². The number of carbonyl (C=O) groups is 2. The van der Waals surface area contributed by atoms with E-state index in [9.17, 15) is 19.8 Å². The summed E-state index contributed by atoms with van der Waals surface area (Å²) in [5, 5.41) is 22.7. The summed E-state index contributed by atoms with van der Waals surface area (Å²) in [6, 6.07) is -0.913. The number of carboxylic acids is 1. The topological polar surface area (TPSA) is 183 Å². The van der Waals surface area contributed by atoms with Crippen LogP contribution in [0, 0.1) is 17.8 Å². The van der Waals surface area contributed by atoms with Gasteiger partial charge < -0.3 is 32.5 Å². The van der Waals surface area contributed by atoms with Crippen LogP contribution in [0.5, 0.6) is 0 Å². The van der Waals surface area contributed by atoms with Crippen LogP contribution in [-0.2, 0) is 9.59 Å². The highest BCUT2D eigenvalue weighted by atomic mass is 16.4. The number of nitrogens with zero attached hydrogens (tertiary/aromatic N) is 1. The van der Waals surface area contributed by atoms with E-state index in [1.54, 1.807) is 0 Å². The van der Waals surface area contributed by atoms with Gasteiger partial charge in [0.2, 0.25) is 5.91 Å². The minimum absolute atomic E-state index is 0. The fourth-order valence-corrected chi connectivity index (χ4v) is 3.64. The summed E-state index contributed by atoms with van der Waals surface area (Å²) >= 11 is 0. The first-order chi connectivity index (χ1) is 10.7. The van der Waals surface area contributed by atoms with Crippen molar-refractivity contribution in [1.29, 1.82) is 0 Å². The minimum atomic E-state index is -1.11. The van der Waals surface area contributed by atoms with E-state index in [4.69, 9.17) is 11.5 Å². The molecule has 0 aromatic carbocycles. The van der Waals surface area contributed by atoms with Crippen molar-refractivity contribution < 1.29 is 25.3 Å². The van der Waals surface area contributed by atoms with E-state index in [2.05, 4.69) is 10.3 Å². The third-order valence-corrected chi connectivity index (χ3v) is 4.72. The summed E-state index contributed by atoms with van der Waals surface area (Å²) in [5.74, 6) is -2.84. The van der Waals surface area contributed by atoms with Crippen LogP contribution >= 0.6 is 0 Å². The first kappa shape index (κ1) is 22.1. The Bertz CT molecular complexity index is 463. The summed E-state index contributed by atoms with van der Waals surface area (Å²) in [6.45, 7) is 5.39. The Hall–Kier alpha value is -1.87. The van der Waals surface area contributed by atoms with Crippen LogP contribution in [0.3, 0.4) is 0 Å². The second kappa shape index (κ2) is 9.43. The SMILES string of the molecule is CCC(CC)[C@H](NC(C)=O)[C@@H]1[C@H](O)[C@@H](C(=O)O)C[C@H]1N=C(N)N.O. The highest BCUT2D eigenvalue weighted by Gasteiger charge is 2.50. The fraction of sp³-hybridized carbons (Fsp3) is 0.800. The molecule has 1 fully saturated rings. The molecule has 0 heterocycles. The molecule has 140 valence electrons. The highest BCUT2D eigenvalue weighted by Crippen LogP contribution is 2.39. The van der Waals surface area contributed by atoms with Crippen molar-refractivity contribution in [2.75, 3.05) is 0 Å². The Morgan fingerprint density at radius 2 is 1.83 bits per heavy atom. The van der Waals surface area contributed by atoms with E-state index < -0.39 is 30.0 Å². The molecule has 5 atom stereocenters. The molecule has 9 N–H and O–H groups in total. The third kappa shape index (κ3) is 5.07. The van der Waals surface area contributed by atoms with Crippen molar-refractivity contribution >= 4 is 17.8 Å². The van der Waals surface area contributed by atoms with E-state index in [1.807, 2.05) is 13.8 Å². The van der Waals surface area contributed by atoms with Crippen molar-refractivity contribution in [1.82, 2.24) is 5.32 Å². The molecule has 0 unspecified atom stereocenters. The standard InChI is InChI=1S/C15H28N4O4.H2O/c1-4-8(5-2)12(18-7(3)20)11-10(19-15(16)17)6-9(13(11)21)14(22)23;/h8-13,21H,4-6H2,1-3H3,(H,18,20)(H,22,23)(H4,16,17,19);1H2/t9-,10+,11+,12-,13+;/m0./s1. The molecule has 1 saturated carbocycles. The van der Waals surface area contributed by atoms with Gasteiger partial charge in [-0.3, -0.25) is 9.59 Å². The summed E-state index contributed by atoms with van der Waals surface area (Å²) in [7, 11) is 0. The lowest BCUT2D eigenvalue weighted by atomic mass is 9.80. The number of guanidine groups is 1. The quantitative estimate of drug-likeness (QED) is 0.285. The van der Waals surface area contributed by atoms with Crippen molar-refractivity contribution in [2.45, 2.75) is 58.2 Å². The van der Waals surface area contributed by atoms with Gasteiger partial charge in [-0.15, -0.1) is 0 Å². The second-order valence-electron chi connectivity index (χ2n) is 6.17. The molecule has 0 spiro atoms. The average molecular weight is 346 g/mol. The van der Waals surface area contributed by atoms with Crippen molar-refractivity contribution in [3.63, 3.8) is 0 Å². The number of aliphatic carboxylic acids is 1. The van der Waals surface area contributed by atoms with Gasteiger partial charge in [0, 0.05) is 18.9 Å². The number of aliphatic hydroxyl groups is 1. The molecular formula is C15H30N4O5. The monoisotopic (exact) mass is 346 g/mol. The minimum Gasteiger partial charge on any atom is -0.481 e. The molecule has 1 aliphatic carbocycles. The van der Waals surface area contributed by atoms with Gasteiger partial charge in [-0.2, -0.15) is 0 Å². The van der Waals surface area contributed by atoms with Crippen LogP contribution in [0.1, 0.15) is 40.0 Å². The zero-order chi connectivity index (χ0) is 17.7. The van der Waals surface area contributed by atoms with Gasteiger partial charge in [0.25, 0.3) is 0 Å². The van der Waals surface area contributed by atoms with Gasteiger partial charge >= 0.3 is 5.97 Å². The lowest BCUT2D eigenvalue weighted by Crippen LogP contribution is -2.51. The maximum Gasteiger partial charge on any atom is 0.309 e. The van der Waals surface area contributed by atoms with Crippen LogP contribution < -0.4 is 16.8 Å². The summed E-state index contributed by atoms with van der Waals surface area (Å²) in [6.07, 6.45) is 0.612. The Balaban J connectivity index is 0.00000529. The first-order valence-electron chi connectivity index (χ1n) is 7.99. The van der Waals surface area contributed by atoms with Crippen LogP contribution in [0.4, 0.5) is 0 Å². The number of aliphatic imine (C=N–C) groups is 1. The van der Waals surface area contributed by atoms with Crippen molar-refractivity contribution in [3.8, 4) is 0 Å². The maximum atomic E-state index is 11.6. The lowest BCUT2D eigenvalue weighted by Gasteiger charge is -2.35. The lowest BCUT2D eigenvalue weighted by molar-refractivity contribution is -0.145. The van der Waals surface area contributed by atoms with Gasteiger partial charge in [-0.1, -0.05) is 26.7 Å². The van der Waals surface area contributed by atoms with E-state index in [-0.39, 0.29) is 35.7 Å². The zero-order valence-corrected chi connectivity index (χ0v) is 14.4. The van der Waals surface area contributed by atoms with E-state index in [0.29, 0.717) is 0 Å². The van der Waals surface area contributed by atoms with Crippen molar-refractivity contribution in [2.24, 2.45) is 34.2 Å². The van der Waals surface area contributed by atoms with Gasteiger partial charge in [-0.25, -0.2) is 4.99 Å². The largest absolute Gasteiger partial charge is 0.481 e. The van der Waals surface area contributed by atoms with E-state index >= 15 is 0 Å². The Morgan fingerprint density at radius 3 is 2.21 bits per heavy atom. The summed E-state index contributed by atoms with van der Waals surface area (Å²) in [4.78, 5) is 27.1. The molecule has 0 aromatic heterocycles.